The lowest BCUT2D eigenvalue weighted by atomic mass is 9.95. The number of hydrazone groups is 1. The van der Waals surface area contributed by atoms with E-state index < -0.39 is 24.3 Å². The average molecular weight is 487 g/mol. The summed E-state index contributed by atoms with van der Waals surface area (Å²) in [5, 5.41) is 19.3. The van der Waals surface area contributed by atoms with Crippen molar-refractivity contribution in [2.45, 2.75) is 26.1 Å². The molecule has 3 rings (SSSR count). The van der Waals surface area contributed by atoms with Crippen LogP contribution in [-0.4, -0.2) is 49.9 Å². The van der Waals surface area contributed by atoms with Gasteiger partial charge in [0, 0.05) is 5.70 Å². The predicted octanol–water partition coefficient (Wildman–Crippen LogP) is 2.35. The first-order chi connectivity index (χ1) is 16.8. The predicted molar refractivity (Wildman–Crippen MR) is 125 cm³/mol. The van der Waals surface area contributed by atoms with Crippen LogP contribution in [0.25, 0.3) is 0 Å². The molecule has 0 spiro atoms. The van der Waals surface area contributed by atoms with Crippen molar-refractivity contribution < 1.29 is 33.3 Å². The fourth-order valence-corrected chi connectivity index (χ4v) is 3.37. The summed E-state index contributed by atoms with van der Waals surface area (Å²) in [5.74, 6) is -0.218. The van der Waals surface area contributed by atoms with Gasteiger partial charge in [0.25, 0.3) is 0 Å². The van der Waals surface area contributed by atoms with Crippen LogP contribution in [0.5, 0.6) is 11.5 Å². The minimum atomic E-state index is -1.14. The van der Waals surface area contributed by atoms with Crippen LogP contribution in [0.4, 0.5) is 9.18 Å². The maximum absolute atomic E-state index is 13.0. The fourth-order valence-electron chi connectivity index (χ4n) is 3.37. The van der Waals surface area contributed by atoms with E-state index in [-0.39, 0.29) is 18.0 Å². The zero-order chi connectivity index (χ0) is 25.4. The van der Waals surface area contributed by atoms with Crippen molar-refractivity contribution in [3.05, 3.63) is 70.7 Å². The number of halogens is 1. The van der Waals surface area contributed by atoms with Gasteiger partial charge in [0.15, 0.2) is 17.7 Å². The number of hydrogen-bond donors (Lipinski definition) is 4. The highest BCUT2D eigenvalue weighted by atomic mass is 19.1. The average Bonchev–Trinajstić information content (AvgIpc) is 2.83. The Hall–Kier alpha value is -4.12. The standard InChI is InChI=1S/C24H27FN4O6/c1-4-34-19-11-16(22-21(23(31)33-3)14(2)27-24(32)28-22)7-10-18(19)35-13-20(30)29-26-12-15-5-8-17(25)9-6-15/h5-12,20,22,29-30H,4,13H2,1-3H3,(H2,27,28,32)/b26-12-/t20-,22-/m0/s1. The summed E-state index contributed by atoms with van der Waals surface area (Å²) in [7, 11) is 1.27. The number of urea groups is 1. The van der Waals surface area contributed by atoms with Crippen molar-refractivity contribution in [1.82, 2.24) is 16.1 Å². The number of ether oxygens (including phenoxy) is 3. The van der Waals surface area contributed by atoms with Gasteiger partial charge in [-0.2, -0.15) is 5.10 Å². The number of rotatable bonds is 10. The third-order valence-electron chi connectivity index (χ3n) is 4.98. The van der Waals surface area contributed by atoms with Crippen molar-refractivity contribution in [2.24, 2.45) is 5.10 Å². The van der Waals surface area contributed by atoms with E-state index in [4.69, 9.17) is 14.2 Å². The molecule has 0 saturated carbocycles. The molecule has 0 bridgehead atoms. The highest BCUT2D eigenvalue weighted by Gasteiger charge is 2.32. The Bertz CT molecular complexity index is 1120. The Morgan fingerprint density at radius 2 is 1.97 bits per heavy atom. The topological polar surface area (TPSA) is 131 Å². The van der Waals surface area contributed by atoms with E-state index in [0.29, 0.717) is 34.9 Å². The zero-order valence-electron chi connectivity index (χ0n) is 19.5. The molecule has 2 amide bonds. The van der Waals surface area contributed by atoms with Gasteiger partial charge < -0.3 is 30.0 Å². The lowest BCUT2D eigenvalue weighted by molar-refractivity contribution is -0.136. The number of aliphatic hydroxyl groups is 1. The third kappa shape index (κ3) is 6.70. The molecule has 0 saturated heterocycles. The molecule has 2 atom stereocenters. The summed E-state index contributed by atoms with van der Waals surface area (Å²) in [4.78, 5) is 24.4. The monoisotopic (exact) mass is 486 g/mol. The molecule has 0 radical (unpaired) electrons. The molecule has 2 aromatic carbocycles. The normalized spacial score (nSPS) is 16.4. The number of carbonyl (C=O) groups is 2. The third-order valence-corrected chi connectivity index (χ3v) is 4.98. The van der Waals surface area contributed by atoms with E-state index in [1.807, 2.05) is 0 Å². The molecule has 0 aliphatic carbocycles. The van der Waals surface area contributed by atoms with E-state index in [2.05, 4.69) is 21.2 Å². The number of nitrogens with one attached hydrogen (secondary N) is 3. The lowest BCUT2D eigenvalue weighted by Gasteiger charge is -2.28. The van der Waals surface area contributed by atoms with Crippen LogP contribution in [0, 0.1) is 5.82 Å². The molecule has 2 aromatic rings. The summed E-state index contributed by atoms with van der Waals surface area (Å²) in [6.45, 7) is 3.59. The van der Waals surface area contributed by atoms with Gasteiger partial charge in [-0.05, 0) is 49.2 Å². The van der Waals surface area contributed by atoms with Gasteiger partial charge in [0.2, 0.25) is 0 Å². The first-order valence-corrected chi connectivity index (χ1v) is 10.8. The van der Waals surface area contributed by atoms with Crippen molar-refractivity contribution >= 4 is 18.2 Å². The number of benzene rings is 2. The van der Waals surface area contributed by atoms with Gasteiger partial charge in [-0.15, -0.1) is 0 Å². The zero-order valence-corrected chi connectivity index (χ0v) is 19.5. The summed E-state index contributed by atoms with van der Waals surface area (Å²) < 4.78 is 29.2. The number of hydrogen-bond acceptors (Lipinski definition) is 8. The Labute approximate surface area is 201 Å². The van der Waals surface area contributed by atoms with E-state index in [1.165, 1.54) is 25.5 Å². The SMILES string of the molecule is CCOc1cc([C@@H]2NC(=O)NC(C)=C2C(=O)OC)ccc1OC[C@H](O)N/N=C\c1ccc(F)cc1. The van der Waals surface area contributed by atoms with Gasteiger partial charge in [0.05, 0.1) is 31.5 Å². The number of allylic oxidation sites excluding steroid dienone is 1. The molecule has 0 fully saturated rings. The van der Waals surface area contributed by atoms with E-state index in [9.17, 15) is 19.1 Å². The van der Waals surface area contributed by atoms with Gasteiger partial charge in [-0.3, -0.25) is 5.43 Å². The van der Waals surface area contributed by atoms with E-state index in [1.54, 1.807) is 44.2 Å². The molecule has 0 unspecified atom stereocenters. The minimum Gasteiger partial charge on any atom is -0.490 e. The van der Waals surface area contributed by atoms with Crippen LogP contribution in [0.1, 0.15) is 31.0 Å². The summed E-state index contributed by atoms with van der Waals surface area (Å²) in [6, 6.07) is 9.45. The first-order valence-electron chi connectivity index (χ1n) is 10.8. The van der Waals surface area contributed by atoms with E-state index >= 15 is 0 Å². The van der Waals surface area contributed by atoms with Crippen LogP contribution in [0.15, 0.2) is 58.8 Å². The van der Waals surface area contributed by atoms with Gasteiger partial charge in [0.1, 0.15) is 12.4 Å². The number of methoxy groups -OCH3 is 1. The van der Waals surface area contributed by atoms with Crippen LogP contribution < -0.4 is 25.5 Å². The van der Waals surface area contributed by atoms with Crippen molar-refractivity contribution in [3.8, 4) is 11.5 Å². The second-order valence-corrected chi connectivity index (χ2v) is 7.47. The Kier molecular flexibility index (Phi) is 8.63. The first kappa shape index (κ1) is 25.5. The number of nitrogens with zero attached hydrogens (tertiary/aromatic N) is 1. The highest BCUT2D eigenvalue weighted by Crippen LogP contribution is 2.34. The Morgan fingerprint density at radius 1 is 1.23 bits per heavy atom. The van der Waals surface area contributed by atoms with Crippen LogP contribution in [0.3, 0.4) is 0 Å². The number of aliphatic hydroxyl groups excluding tert-OH is 1. The Balaban J connectivity index is 1.71. The van der Waals surface area contributed by atoms with Gasteiger partial charge in [-0.25, -0.2) is 14.0 Å². The molecule has 186 valence electrons. The maximum atomic E-state index is 13.0. The molecular weight excluding hydrogens is 459 g/mol. The summed E-state index contributed by atoms with van der Waals surface area (Å²) >= 11 is 0. The van der Waals surface area contributed by atoms with Crippen molar-refractivity contribution in [3.63, 3.8) is 0 Å². The second-order valence-electron chi connectivity index (χ2n) is 7.47. The van der Waals surface area contributed by atoms with Crippen LogP contribution in [0.2, 0.25) is 0 Å². The molecule has 1 aliphatic heterocycles. The molecular formula is C24H27FN4O6. The maximum Gasteiger partial charge on any atom is 0.337 e. The van der Waals surface area contributed by atoms with Crippen molar-refractivity contribution in [2.75, 3.05) is 20.3 Å². The van der Waals surface area contributed by atoms with Gasteiger partial charge in [-0.1, -0.05) is 18.2 Å². The van der Waals surface area contributed by atoms with Crippen molar-refractivity contribution in [1.29, 1.82) is 0 Å². The highest BCUT2D eigenvalue weighted by molar-refractivity contribution is 5.95. The summed E-state index contributed by atoms with van der Waals surface area (Å²) in [6.07, 6.45) is 0.297. The Morgan fingerprint density at radius 3 is 2.66 bits per heavy atom. The summed E-state index contributed by atoms with van der Waals surface area (Å²) in [5.41, 5.74) is 4.41. The molecule has 1 heterocycles. The number of esters is 1. The smallest absolute Gasteiger partial charge is 0.337 e. The lowest BCUT2D eigenvalue weighted by Crippen LogP contribution is -2.45. The van der Waals surface area contributed by atoms with Crippen LogP contribution in [-0.2, 0) is 9.53 Å². The minimum absolute atomic E-state index is 0.156. The molecule has 10 nitrogen and oxygen atoms in total. The largest absolute Gasteiger partial charge is 0.490 e. The second kappa shape index (κ2) is 11.8. The van der Waals surface area contributed by atoms with Crippen LogP contribution >= 0.6 is 0 Å². The molecule has 1 aliphatic rings. The molecule has 4 N–H and O–H groups in total. The fraction of sp³-hybridized carbons (Fsp3) is 0.292. The molecule has 11 heteroatoms. The molecule has 35 heavy (non-hydrogen) atoms. The van der Waals surface area contributed by atoms with E-state index in [0.717, 1.165) is 0 Å². The quantitative estimate of drug-likeness (QED) is 0.176. The van der Waals surface area contributed by atoms with Gasteiger partial charge >= 0.3 is 12.0 Å². The number of carbonyl (C=O) groups excluding carboxylic acids is 2. The molecule has 0 aromatic heterocycles. The number of amides is 2.